The molecule has 0 aliphatic carbocycles. The maximum atomic E-state index is 15.1. The van der Waals surface area contributed by atoms with Crippen molar-refractivity contribution in [3.05, 3.63) is 92.2 Å². The summed E-state index contributed by atoms with van der Waals surface area (Å²) < 4.78 is 116. The molecule has 0 saturated carbocycles. The molecule has 0 amide bonds. The molecule has 19 heteroatoms. The molecule has 0 radical (unpaired) electrons. The number of fused-ring (bicyclic) bond motifs is 1. The zero-order valence-electron chi connectivity index (χ0n) is 22.6. The second-order valence-corrected chi connectivity index (χ2v) is 9.61. The van der Waals surface area contributed by atoms with Gasteiger partial charge in [-0.2, -0.15) is 31.4 Å². The largest absolute Gasteiger partial charge is 0.423 e. The van der Waals surface area contributed by atoms with E-state index in [1.165, 1.54) is 19.2 Å². The number of benzene rings is 1. The zero-order chi connectivity index (χ0) is 32.7. The van der Waals surface area contributed by atoms with Gasteiger partial charge in [0.05, 0.1) is 28.4 Å². The van der Waals surface area contributed by atoms with Crippen molar-refractivity contribution in [2.45, 2.75) is 44.7 Å². The Balaban J connectivity index is 1.40. The van der Waals surface area contributed by atoms with Crippen LogP contribution in [0, 0.1) is 18.6 Å². The molecule has 5 aromatic rings. The Labute approximate surface area is 245 Å². The average molecular weight is 642 g/mol. The van der Waals surface area contributed by atoms with Gasteiger partial charge in [-0.25, -0.2) is 23.8 Å². The van der Waals surface area contributed by atoms with Crippen molar-refractivity contribution < 1.29 is 39.5 Å². The molecule has 0 fully saturated rings. The van der Waals surface area contributed by atoms with Gasteiger partial charge in [0.25, 0.3) is 11.1 Å². The first-order valence-electron chi connectivity index (χ1n) is 12.8. The maximum Gasteiger partial charge on any atom is 0.423 e. The summed E-state index contributed by atoms with van der Waals surface area (Å²) in [5.41, 5.74) is -6.42. The smallest absolute Gasteiger partial charge is 0.423 e. The van der Waals surface area contributed by atoms with E-state index in [0.717, 1.165) is 16.8 Å². The summed E-state index contributed by atoms with van der Waals surface area (Å²) in [7, 11) is 0. The Morgan fingerprint density at radius 1 is 1.00 bits per heavy atom. The SMILES string of the molecule is Cc1nnc([C@@H](CCCn2ccc3cc(-c4ncc(C(F)(F)F)cn4)c(F)c(F)c3c2=O)Nc2cn[nH]c(=O)c2C(F)(F)F)o1. The lowest BCUT2D eigenvalue weighted by molar-refractivity contribution is -0.139. The Kier molecular flexibility index (Phi) is 8.11. The Morgan fingerprint density at radius 2 is 1.71 bits per heavy atom. The number of hydrogen-bond acceptors (Lipinski definition) is 9. The van der Waals surface area contributed by atoms with Crippen molar-refractivity contribution in [1.82, 2.24) is 34.9 Å². The molecule has 0 aliphatic rings. The number of aryl methyl sites for hydroxylation is 2. The first-order valence-corrected chi connectivity index (χ1v) is 12.8. The highest BCUT2D eigenvalue weighted by atomic mass is 19.4. The van der Waals surface area contributed by atoms with Gasteiger partial charge in [0.15, 0.2) is 17.5 Å². The fraction of sp³-hybridized carbons (Fsp3) is 0.269. The lowest BCUT2D eigenvalue weighted by Crippen LogP contribution is -2.26. The third kappa shape index (κ3) is 6.36. The molecule has 0 saturated heterocycles. The molecule has 11 nitrogen and oxygen atoms in total. The van der Waals surface area contributed by atoms with Gasteiger partial charge in [0, 0.05) is 32.1 Å². The molecule has 4 aromatic heterocycles. The standard InChI is InChI=1S/C26H18F8N8O3/c1-11-39-41-23(45-11)15(38-16-10-37-40-22(43)18(16)26(32,33)34)3-2-5-42-6-4-12-7-14(19(27)20(28)17(12)24(42)44)21-35-8-13(9-36-21)25(29,30)31/h4,6-10,15H,2-3,5H2,1H3,(H2,38,40,43)/t15-/m1/s1. The molecule has 236 valence electrons. The predicted molar refractivity (Wildman–Crippen MR) is 139 cm³/mol. The monoisotopic (exact) mass is 642 g/mol. The highest BCUT2D eigenvalue weighted by Gasteiger charge is 2.38. The number of nitrogens with one attached hydrogen (secondary N) is 2. The molecule has 2 N–H and O–H groups in total. The van der Waals surface area contributed by atoms with E-state index in [4.69, 9.17) is 4.42 Å². The molecular weight excluding hydrogens is 624 g/mol. The van der Waals surface area contributed by atoms with Crippen LogP contribution in [-0.4, -0.2) is 34.9 Å². The number of anilines is 1. The summed E-state index contributed by atoms with van der Waals surface area (Å²) in [5.74, 6) is -3.70. The van der Waals surface area contributed by atoms with Crippen molar-refractivity contribution in [2.24, 2.45) is 0 Å². The summed E-state index contributed by atoms with van der Waals surface area (Å²) in [6.45, 7) is 1.31. The summed E-state index contributed by atoms with van der Waals surface area (Å²) in [5, 5.41) is 14.4. The van der Waals surface area contributed by atoms with Gasteiger partial charge in [-0.15, -0.1) is 10.2 Å². The summed E-state index contributed by atoms with van der Waals surface area (Å²) >= 11 is 0. The quantitative estimate of drug-likeness (QED) is 0.219. The number of hydrogen-bond donors (Lipinski definition) is 2. The molecule has 0 unspecified atom stereocenters. The van der Waals surface area contributed by atoms with Gasteiger partial charge in [-0.05, 0) is 30.4 Å². The van der Waals surface area contributed by atoms with Crippen LogP contribution in [0.5, 0.6) is 0 Å². The molecule has 5 rings (SSSR count). The fourth-order valence-electron chi connectivity index (χ4n) is 4.48. The van der Waals surface area contributed by atoms with Crippen LogP contribution < -0.4 is 16.4 Å². The number of alkyl halides is 6. The Morgan fingerprint density at radius 3 is 2.33 bits per heavy atom. The number of rotatable bonds is 8. The molecule has 1 aromatic carbocycles. The number of aromatic nitrogens is 7. The van der Waals surface area contributed by atoms with Crippen molar-refractivity contribution >= 4 is 16.5 Å². The van der Waals surface area contributed by atoms with E-state index in [9.17, 15) is 40.3 Å². The molecular formula is C26H18F8N8O3. The van der Waals surface area contributed by atoms with E-state index in [-0.39, 0.29) is 36.6 Å². The second kappa shape index (κ2) is 11.7. The minimum atomic E-state index is -5.04. The van der Waals surface area contributed by atoms with Gasteiger partial charge >= 0.3 is 12.4 Å². The van der Waals surface area contributed by atoms with E-state index >= 15 is 4.39 Å². The number of nitrogens with zero attached hydrogens (tertiary/aromatic N) is 6. The van der Waals surface area contributed by atoms with Gasteiger partial charge < -0.3 is 14.3 Å². The van der Waals surface area contributed by atoms with Gasteiger partial charge in [0.1, 0.15) is 11.6 Å². The molecule has 4 heterocycles. The molecule has 45 heavy (non-hydrogen) atoms. The van der Waals surface area contributed by atoms with Crippen LogP contribution in [0.15, 0.2) is 50.9 Å². The minimum absolute atomic E-state index is 0.0444. The van der Waals surface area contributed by atoms with Crippen LogP contribution in [0.4, 0.5) is 40.8 Å². The van der Waals surface area contributed by atoms with E-state index in [2.05, 4.69) is 30.6 Å². The van der Waals surface area contributed by atoms with E-state index < -0.39 is 74.7 Å². The van der Waals surface area contributed by atoms with Crippen LogP contribution >= 0.6 is 0 Å². The second-order valence-electron chi connectivity index (χ2n) is 9.61. The van der Waals surface area contributed by atoms with Crippen LogP contribution in [0.25, 0.3) is 22.2 Å². The van der Waals surface area contributed by atoms with Crippen molar-refractivity contribution in [3.63, 3.8) is 0 Å². The van der Waals surface area contributed by atoms with E-state index in [1.54, 1.807) is 5.10 Å². The van der Waals surface area contributed by atoms with Crippen LogP contribution in [-0.2, 0) is 18.9 Å². The first-order chi connectivity index (χ1) is 21.1. The minimum Gasteiger partial charge on any atom is -0.423 e. The van der Waals surface area contributed by atoms with Crippen molar-refractivity contribution in [3.8, 4) is 11.4 Å². The highest BCUT2D eigenvalue weighted by molar-refractivity contribution is 5.86. The van der Waals surface area contributed by atoms with E-state index in [1.807, 2.05) is 0 Å². The first kappa shape index (κ1) is 31.2. The zero-order valence-corrected chi connectivity index (χ0v) is 22.6. The Hall–Kier alpha value is -5.23. The van der Waals surface area contributed by atoms with Crippen LogP contribution in [0.1, 0.15) is 41.8 Å². The van der Waals surface area contributed by atoms with E-state index in [0.29, 0.717) is 12.4 Å². The fourth-order valence-corrected chi connectivity index (χ4v) is 4.48. The summed E-state index contributed by atoms with van der Waals surface area (Å²) in [6.07, 6.45) is -6.95. The summed E-state index contributed by atoms with van der Waals surface area (Å²) in [4.78, 5) is 31.9. The maximum absolute atomic E-state index is 15.1. The highest BCUT2D eigenvalue weighted by Crippen LogP contribution is 2.34. The normalized spacial score (nSPS) is 12.9. The summed E-state index contributed by atoms with van der Waals surface area (Å²) in [6, 6.07) is 1.20. The number of halogens is 8. The van der Waals surface area contributed by atoms with Gasteiger partial charge in [-0.1, -0.05) is 0 Å². The topological polar surface area (TPSA) is 144 Å². The Bertz CT molecular complexity index is 1980. The van der Waals surface area contributed by atoms with Gasteiger partial charge in [0.2, 0.25) is 11.8 Å². The predicted octanol–water partition coefficient (Wildman–Crippen LogP) is 5.18. The molecule has 0 aliphatic heterocycles. The van der Waals surface area contributed by atoms with Crippen LogP contribution in [0.3, 0.4) is 0 Å². The third-order valence-electron chi connectivity index (χ3n) is 6.57. The third-order valence-corrected chi connectivity index (χ3v) is 6.57. The number of aromatic amines is 1. The van der Waals surface area contributed by atoms with Crippen LogP contribution in [0.2, 0.25) is 0 Å². The molecule has 0 bridgehead atoms. The lowest BCUT2D eigenvalue weighted by Gasteiger charge is -2.19. The lowest BCUT2D eigenvalue weighted by atomic mass is 10.1. The molecule has 1 atom stereocenters. The molecule has 0 spiro atoms. The average Bonchev–Trinajstić information content (AvgIpc) is 3.40. The van der Waals surface area contributed by atoms with Crippen molar-refractivity contribution in [1.29, 1.82) is 0 Å². The number of H-pyrrole nitrogens is 1. The van der Waals surface area contributed by atoms with Crippen molar-refractivity contribution in [2.75, 3.05) is 5.32 Å². The number of pyridine rings is 1. The van der Waals surface area contributed by atoms with Gasteiger partial charge in [-0.3, -0.25) is 9.59 Å².